The number of aromatic nitrogens is 2. The Hall–Kier alpha value is -2.24. The van der Waals surface area contributed by atoms with Crippen LogP contribution >= 0.6 is 0 Å². The summed E-state index contributed by atoms with van der Waals surface area (Å²) in [5, 5.41) is 4.35. The molecule has 0 spiro atoms. The number of benzene rings is 1. The van der Waals surface area contributed by atoms with Gasteiger partial charge in [-0.3, -0.25) is 9.48 Å². The average molecular weight is 294 g/mol. The fourth-order valence-electron chi connectivity index (χ4n) is 2.03. The topological polar surface area (TPSA) is 44.1 Å². The summed E-state index contributed by atoms with van der Waals surface area (Å²) in [6.07, 6.45) is 2.36. The Morgan fingerprint density at radius 2 is 2.14 bits per heavy atom. The van der Waals surface area contributed by atoms with Crippen molar-refractivity contribution in [1.29, 1.82) is 0 Å². The zero-order valence-corrected chi connectivity index (χ0v) is 11.8. The summed E-state index contributed by atoms with van der Waals surface area (Å²) < 4.78 is 30.5. The fraction of sp³-hybridized carbons (Fsp3) is 0.333. The largest absolute Gasteiger partial charge is 0.435 e. The van der Waals surface area contributed by atoms with Crippen molar-refractivity contribution in [3.8, 4) is 17.0 Å². The lowest BCUT2D eigenvalue weighted by molar-refractivity contribution is -0.0498. The van der Waals surface area contributed by atoms with Gasteiger partial charge in [-0.25, -0.2) is 0 Å². The van der Waals surface area contributed by atoms with E-state index in [-0.39, 0.29) is 5.75 Å². The zero-order chi connectivity index (χ0) is 15.4. The zero-order valence-electron chi connectivity index (χ0n) is 11.8. The van der Waals surface area contributed by atoms with Gasteiger partial charge < -0.3 is 4.74 Å². The molecular weight excluding hydrogens is 278 g/mol. The summed E-state index contributed by atoms with van der Waals surface area (Å²) in [6.45, 7) is 1.87. The Kier molecular flexibility index (Phi) is 4.67. The van der Waals surface area contributed by atoms with Crippen LogP contribution in [0.15, 0.2) is 30.5 Å². The Balaban J connectivity index is 2.36. The van der Waals surface area contributed by atoms with E-state index in [0.717, 1.165) is 0 Å². The monoisotopic (exact) mass is 294 g/mol. The van der Waals surface area contributed by atoms with Crippen molar-refractivity contribution in [1.82, 2.24) is 9.78 Å². The fourth-order valence-corrected chi connectivity index (χ4v) is 2.03. The van der Waals surface area contributed by atoms with Gasteiger partial charge >= 0.3 is 6.61 Å². The van der Waals surface area contributed by atoms with Gasteiger partial charge in [-0.15, -0.1) is 0 Å². The van der Waals surface area contributed by atoms with Gasteiger partial charge in [-0.2, -0.15) is 13.9 Å². The van der Waals surface area contributed by atoms with E-state index >= 15 is 0 Å². The van der Waals surface area contributed by atoms with Crippen LogP contribution in [-0.4, -0.2) is 22.7 Å². The molecule has 0 aliphatic rings. The van der Waals surface area contributed by atoms with E-state index < -0.39 is 6.61 Å². The van der Waals surface area contributed by atoms with E-state index in [1.165, 1.54) is 12.1 Å². The smallest absolute Gasteiger partial charge is 0.387 e. The highest BCUT2D eigenvalue weighted by molar-refractivity contribution is 5.85. The summed E-state index contributed by atoms with van der Waals surface area (Å²) in [5.74, 6) is 0.420. The average Bonchev–Trinajstić information content (AvgIpc) is 2.80. The summed E-state index contributed by atoms with van der Waals surface area (Å²) in [6, 6.07) is 6.17. The third kappa shape index (κ3) is 3.87. The highest BCUT2D eigenvalue weighted by Gasteiger charge is 2.13. The maximum absolute atomic E-state index is 12.2. The molecule has 2 rings (SSSR count). The minimum Gasteiger partial charge on any atom is -0.435 e. The van der Waals surface area contributed by atoms with Crippen LogP contribution in [0.1, 0.15) is 24.2 Å². The van der Waals surface area contributed by atoms with Gasteiger partial charge in [-0.1, -0.05) is 26.0 Å². The number of carbonyl (C=O) groups is 1. The second-order valence-electron chi connectivity index (χ2n) is 5.07. The molecule has 1 heterocycles. The van der Waals surface area contributed by atoms with Crippen LogP contribution in [0.2, 0.25) is 0 Å². The van der Waals surface area contributed by atoms with Crippen molar-refractivity contribution in [3.05, 3.63) is 36.0 Å². The van der Waals surface area contributed by atoms with E-state index in [0.29, 0.717) is 35.6 Å². The number of ether oxygens (including phenoxy) is 1. The molecule has 1 aromatic heterocycles. The van der Waals surface area contributed by atoms with E-state index in [9.17, 15) is 13.6 Å². The normalized spacial score (nSPS) is 11.1. The quantitative estimate of drug-likeness (QED) is 0.764. The first-order valence-corrected chi connectivity index (χ1v) is 6.57. The number of aldehydes is 1. The highest BCUT2D eigenvalue weighted by atomic mass is 19.3. The summed E-state index contributed by atoms with van der Waals surface area (Å²) in [4.78, 5) is 11.2. The minimum absolute atomic E-state index is 0.0396. The first-order valence-electron chi connectivity index (χ1n) is 6.57. The SMILES string of the molecule is CC(C)Cn1cc(C=O)c(-c2cccc(OC(F)F)c2)n1. The molecule has 0 aliphatic heterocycles. The number of rotatable bonds is 6. The van der Waals surface area contributed by atoms with Crippen molar-refractivity contribution in [2.24, 2.45) is 5.92 Å². The second kappa shape index (κ2) is 6.47. The molecule has 4 nitrogen and oxygen atoms in total. The standard InChI is InChI=1S/C15H16F2N2O2/c1-10(2)7-19-8-12(9-20)14(18-19)11-4-3-5-13(6-11)21-15(16)17/h3-6,8-10,15H,7H2,1-2H3. The van der Waals surface area contributed by atoms with Crippen LogP contribution in [-0.2, 0) is 6.54 Å². The van der Waals surface area contributed by atoms with Crippen LogP contribution in [0.5, 0.6) is 5.75 Å². The van der Waals surface area contributed by atoms with Crippen LogP contribution in [0, 0.1) is 5.92 Å². The first kappa shape index (κ1) is 15.2. The first-order chi connectivity index (χ1) is 9.99. The van der Waals surface area contributed by atoms with Crippen molar-refractivity contribution < 1.29 is 18.3 Å². The van der Waals surface area contributed by atoms with Crippen LogP contribution in [0.3, 0.4) is 0 Å². The molecule has 0 saturated heterocycles. The van der Waals surface area contributed by atoms with E-state index in [4.69, 9.17) is 0 Å². The van der Waals surface area contributed by atoms with Crippen molar-refractivity contribution in [2.75, 3.05) is 0 Å². The molecular formula is C15H16F2N2O2. The molecule has 21 heavy (non-hydrogen) atoms. The lowest BCUT2D eigenvalue weighted by Crippen LogP contribution is -2.04. The maximum Gasteiger partial charge on any atom is 0.387 e. The maximum atomic E-state index is 12.2. The van der Waals surface area contributed by atoms with Gasteiger partial charge in [-0.05, 0) is 18.1 Å². The lowest BCUT2D eigenvalue weighted by atomic mass is 10.1. The molecule has 0 unspecified atom stereocenters. The van der Waals surface area contributed by atoms with Crippen LogP contribution in [0.25, 0.3) is 11.3 Å². The molecule has 2 aromatic rings. The van der Waals surface area contributed by atoms with Gasteiger partial charge in [0.25, 0.3) is 0 Å². The molecule has 0 fully saturated rings. The lowest BCUT2D eigenvalue weighted by Gasteiger charge is -2.06. The van der Waals surface area contributed by atoms with Crippen molar-refractivity contribution in [2.45, 2.75) is 27.0 Å². The number of halogens is 2. The number of nitrogens with zero attached hydrogens (tertiary/aromatic N) is 2. The molecule has 0 N–H and O–H groups in total. The molecule has 0 radical (unpaired) electrons. The number of hydrogen-bond donors (Lipinski definition) is 0. The number of carbonyl (C=O) groups excluding carboxylic acids is 1. The molecule has 0 aliphatic carbocycles. The molecule has 1 aromatic carbocycles. The molecule has 0 amide bonds. The van der Waals surface area contributed by atoms with Gasteiger partial charge in [0.15, 0.2) is 6.29 Å². The third-order valence-corrected chi connectivity index (χ3v) is 2.80. The Labute approximate surface area is 121 Å². The van der Waals surface area contributed by atoms with Gasteiger partial charge in [0, 0.05) is 18.3 Å². The third-order valence-electron chi connectivity index (χ3n) is 2.80. The molecule has 0 saturated carbocycles. The predicted molar refractivity (Wildman–Crippen MR) is 74.5 cm³/mol. The predicted octanol–water partition coefficient (Wildman–Crippen LogP) is 3.62. The summed E-state index contributed by atoms with van der Waals surface area (Å²) in [7, 11) is 0. The Morgan fingerprint density at radius 3 is 2.76 bits per heavy atom. The molecule has 0 bridgehead atoms. The summed E-state index contributed by atoms with van der Waals surface area (Å²) in [5.41, 5.74) is 1.45. The Bertz CT molecular complexity index is 624. The van der Waals surface area contributed by atoms with Gasteiger partial charge in [0.05, 0.1) is 5.56 Å². The van der Waals surface area contributed by atoms with Crippen LogP contribution < -0.4 is 4.74 Å². The molecule has 6 heteroatoms. The van der Waals surface area contributed by atoms with E-state index in [1.807, 2.05) is 13.8 Å². The van der Waals surface area contributed by atoms with Crippen LogP contribution in [0.4, 0.5) is 8.78 Å². The van der Waals surface area contributed by atoms with Crippen molar-refractivity contribution in [3.63, 3.8) is 0 Å². The Morgan fingerprint density at radius 1 is 1.38 bits per heavy atom. The molecule has 112 valence electrons. The van der Waals surface area contributed by atoms with Gasteiger partial charge in [0.1, 0.15) is 11.4 Å². The van der Waals surface area contributed by atoms with E-state index in [2.05, 4.69) is 9.84 Å². The number of alkyl halides is 2. The minimum atomic E-state index is -2.88. The van der Waals surface area contributed by atoms with Crippen molar-refractivity contribution >= 4 is 6.29 Å². The highest BCUT2D eigenvalue weighted by Crippen LogP contribution is 2.26. The van der Waals surface area contributed by atoms with Gasteiger partial charge in [0.2, 0.25) is 0 Å². The van der Waals surface area contributed by atoms with E-state index in [1.54, 1.807) is 23.0 Å². The number of hydrogen-bond acceptors (Lipinski definition) is 3. The second-order valence-corrected chi connectivity index (χ2v) is 5.07. The molecule has 0 atom stereocenters. The summed E-state index contributed by atoms with van der Waals surface area (Å²) >= 11 is 0.